The van der Waals surface area contributed by atoms with Gasteiger partial charge in [-0.15, -0.1) is 0 Å². The molecule has 10 heteroatoms. The quantitative estimate of drug-likeness (QED) is 0.161. The number of hydrogen-bond acceptors (Lipinski definition) is 6. The van der Waals surface area contributed by atoms with Crippen LogP contribution in [0.15, 0.2) is 85.2 Å². The van der Waals surface area contributed by atoms with E-state index in [1.54, 1.807) is 12.1 Å². The first-order valence-corrected chi connectivity index (χ1v) is 11.2. The van der Waals surface area contributed by atoms with Gasteiger partial charge in [-0.05, 0) is 67.3 Å². The number of halogens is 2. The first kappa shape index (κ1) is 22.7. The molecule has 0 saturated carbocycles. The average Bonchev–Trinajstić information content (AvgIpc) is 3.23. The lowest BCUT2D eigenvalue weighted by Gasteiger charge is -2.11. The summed E-state index contributed by atoms with van der Waals surface area (Å²) in [5, 5.41) is 15.3. The number of hydrazone groups is 1. The second-order valence-corrected chi connectivity index (χ2v) is 8.59. The number of ether oxygens (including phenoxy) is 1. The number of furan rings is 1. The van der Waals surface area contributed by atoms with E-state index in [0.29, 0.717) is 28.9 Å². The van der Waals surface area contributed by atoms with Gasteiger partial charge in [0.2, 0.25) is 0 Å². The van der Waals surface area contributed by atoms with E-state index in [2.05, 4.69) is 42.4 Å². The molecule has 1 amide bonds. The van der Waals surface area contributed by atoms with E-state index < -0.39 is 10.8 Å². The zero-order valence-corrected chi connectivity index (χ0v) is 20.0. The third-order valence-electron chi connectivity index (χ3n) is 4.56. The van der Waals surface area contributed by atoms with Crippen molar-refractivity contribution < 1.29 is 18.9 Å². The van der Waals surface area contributed by atoms with Gasteiger partial charge < -0.3 is 9.15 Å². The number of amides is 1. The molecule has 0 aliphatic carbocycles. The largest absolute Gasteiger partial charge is 0.487 e. The highest BCUT2D eigenvalue weighted by molar-refractivity contribution is 9.11. The lowest BCUT2D eigenvalue weighted by Crippen LogP contribution is -2.16. The molecule has 4 aromatic rings. The summed E-state index contributed by atoms with van der Waals surface area (Å²) >= 11 is 7.00. The molecule has 0 aliphatic heterocycles. The Hall–Kier alpha value is -3.50. The van der Waals surface area contributed by atoms with Crippen LogP contribution >= 0.6 is 31.9 Å². The van der Waals surface area contributed by atoms with Crippen LogP contribution in [-0.2, 0) is 6.61 Å². The van der Waals surface area contributed by atoms with E-state index in [0.717, 1.165) is 14.5 Å². The van der Waals surface area contributed by atoms with Crippen molar-refractivity contribution in [3.8, 4) is 5.75 Å². The van der Waals surface area contributed by atoms with Crippen molar-refractivity contribution in [2.24, 2.45) is 5.10 Å². The number of nitrogens with one attached hydrogen (secondary N) is 1. The van der Waals surface area contributed by atoms with Crippen molar-refractivity contribution in [3.63, 3.8) is 0 Å². The number of benzene rings is 3. The van der Waals surface area contributed by atoms with Gasteiger partial charge in [-0.25, -0.2) is 5.43 Å². The highest BCUT2D eigenvalue weighted by atomic mass is 79.9. The van der Waals surface area contributed by atoms with E-state index in [1.165, 1.54) is 30.5 Å². The van der Waals surface area contributed by atoms with Crippen molar-refractivity contribution in [1.29, 1.82) is 0 Å². The number of non-ortho nitro benzene ring substituents is 1. The molecule has 8 nitrogen and oxygen atoms in total. The number of nitro groups is 1. The minimum Gasteiger partial charge on any atom is -0.487 e. The Kier molecular flexibility index (Phi) is 6.85. The zero-order valence-electron chi connectivity index (χ0n) is 16.8. The van der Waals surface area contributed by atoms with Gasteiger partial charge in [0, 0.05) is 17.5 Å². The zero-order chi connectivity index (χ0) is 23.4. The van der Waals surface area contributed by atoms with E-state index >= 15 is 0 Å². The molecule has 0 bridgehead atoms. The van der Waals surface area contributed by atoms with Crippen molar-refractivity contribution in [2.45, 2.75) is 6.61 Å². The van der Waals surface area contributed by atoms with Crippen LogP contribution in [0.1, 0.15) is 21.7 Å². The van der Waals surface area contributed by atoms with Crippen LogP contribution in [0.25, 0.3) is 11.0 Å². The first-order chi connectivity index (χ1) is 15.9. The maximum Gasteiger partial charge on any atom is 0.307 e. The summed E-state index contributed by atoms with van der Waals surface area (Å²) in [5.41, 5.74) is 4.43. The summed E-state index contributed by atoms with van der Waals surface area (Å²) in [6, 6.07) is 19.0. The van der Waals surface area contributed by atoms with Gasteiger partial charge in [0.1, 0.15) is 17.9 Å². The van der Waals surface area contributed by atoms with Crippen molar-refractivity contribution in [3.05, 3.63) is 103 Å². The van der Waals surface area contributed by atoms with Crippen molar-refractivity contribution in [2.75, 3.05) is 0 Å². The van der Waals surface area contributed by atoms with Gasteiger partial charge in [-0.2, -0.15) is 5.10 Å². The van der Waals surface area contributed by atoms with Crippen molar-refractivity contribution in [1.82, 2.24) is 5.43 Å². The third kappa shape index (κ3) is 5.47. The van der Waals surface area contributed by atoms with Crippen molar-refractivity contribution >= 4 is 60.6 Å². The molecule has 3 aromatic carbocycles. The second kappa shape index (κ2) is 9.97. The fourth-order valence-corrected chi connectivity index (χ4v) is 4.45. The molecule has 166 valence electrons. The number of nitrogens with zero attached hydrogens (tertiary/aromatic N) is 2. The monoisotopic (exact) mass is 571 g/mol. The highest BCUT2D eigenvalue weighted by Crippen LogP contribution is 2.35. The van der Waals surface area contributed by atoms with Gasteiger partial charge in [0.15, 0.2) is 5.76 Å². The topological polar surface area (TPSA) is 107 Å². The Labute approximate surface area is 204 Å². The third-order valence-corrected chi connectivity index (χ3v) is 5.74. The number of carbonyl (C=O) groups excluding carboxylic acids is 1. The smallest absolute Gasteiger partial charge is 0.307 e. The fraction of sp³-hybridized carbons (Fsp3) is 0.0435. The van der Waals surface area contributed by atoms with Gasteiger partial charge in [-0.1, -0.05) is 30.3 Å². The first-order valence-electron chi connectivity index (χ1n) is 9.58. The van der Waals surface area contributed by atoms with E-state index in [9.17, 15) is 14.9 Å². The van der Waals surface area contributed by atoms with E-state index in [-0.39, 0.29) is 11.4 Å². The summed E-state index contributed by atoms with van der Waals surface area (Å²) in [4.78, 5) is 22.7. The Morgan fingerprint density at radius 2 is 1.82 bits per heavy atom. The number of nitro benzene ring substituents is 1. The van der Waals surface area contributed by atoms with Gasteiger partial charge in [-0.3, -0.25) is 14.9 Å². The predicted molar refractivity (Wildman–Crippen MR) is 131 cm³/mol. The lowest BCUT2D eigenvalue weighted by molar-refractivity contribution is -0.384. The van der Waals surface area contributed by atoms with Crippen LogP contribution in [-0.4, -0.2) is 17.0 Å². The molecule has 0 radical (unpaired) electrons. The van der Waals surface area contributed by atoms with Gasteiger partial charge in [0.05, 0.1) is 20.1 Å². The van der Waals surface area contributed by atoms with E-state index in [4.69, 9.17) is 9.15 Å². The van der Waals surface area contributed by atoms with Crippen LogP contribution in [0.4, 0.5) is 5.69 Å². The molecule has 1 N–H and O–H groups in total. The van der Waals surface area contributed by atoms with Gasteiger partial charge >= 0.3 is 5.91 Å². The fourth-order valence-electron chi connectivity index (χ4n) is 3.00. The minimum absolute atomic E-state index is 0.00494. The summed E-state index contributed by atoms with van der Waals surface area (Å²) in [7, 11) is 0. The number of rotatable bonds is 7. The number of fused-ring (bicyclic) bond motifs is 1. The molecule has 0 spiro atoms. The van der Waals surface area contributed by atoms with Crippen LogP contribution in [0, 0.1) is 10.1 Å². The standard InChI is InChI=1S/C23H15Br2N3O5/c24-18-8-15(9-19(25)22(18)32-13-14-4-2-1-3-5-14)12-26-27-23(29)21-11-16-10-17(28(30)31)6-7-20(16)33-21/h1-12H,13H2,(H,27,29)/b26-12-. The Morgan fingerprint density at radius 3 is 2.52 bits per heavy atom. The van der Waals surface area contributed by atoms with Gasteiger partial charge in [0.25, 0.3) is 5.69 Å². The molecule has 1 aromatic heterocycles. The maximum absolute atomic E-state index is 12.3. The number of hydrogen-bond donors (Lipinski definition) is 1. The molecule has 33 heavy (non-hydrogen) atoms. The molecule has 0 atom stereocenters. The van der Waals surface area contributed by atoms with Crippen LogP contribution < -0.4 is 10.2 Å². The molecule has 4 rings (SSSR count). The molecule has 0 fully saturated rings. The average molecular weight is 573 g/mol. The van der Waals surface area contributed by atoms with E-state index in [1.807, 2.05) is 30.3 Å². The molecule has 1 heterocycles. The normalized spacial score (nSPS) is 11.1. The Balaban J connectivity index is 1.42. The summed E-state index contributed by atoms with van der Waals surface area (Å²) in [5.74, 6) is 0.0668. The lowest BCUT2D eigenvalue weighted by atomic mass is 10.2. The molecule has 0 saturated heterocycles. The number of carbonyl (C=O) groups is 1. The molecular formula is C23H15Br2N3O5. The second-order valence-electron chi connectivity index (χ2n) is 6.88. The molecule has 0 unspecified atom stereocenters. The Bertz CT molecular complexity index is 1350. The minimum atomic E-state index is -0.578. The summed E-state index contributed by atoms with van der Waals surface area (Å²) < 4.78 is 12.8. The van der Waals surface area contributed by atoms with Crippen LogP contribution in [0.2, 0.25) is 0 Å². The summed E-state index contributed by atoms with van der Waals surface area (Å²) in [6.45, 7) is 0.419. The predicted octanol–water partition coefficient (Wildman–Crippen LogP) is 6.21. The Morgan fingerprint density at radius 1 is 1.09 bits per heavy atom. The SMILES string of the molecule is O=C(N/N=C\c1cc(Br)c(OCc2ccccc2)c(Br)c1)c1cc2cc([N+](=O)[O-])ccc2o1. The highest BCUT2D eigenvalue weighted by Gasteiger charge is 2.15. The van der Waals surface area contributed by atoms with Crippen LogP contribution in [0.5, 0.6) is 5.75 Å². The maximum atomic E-state index is 12.3. The molecule has 0 aliphatic rings. The summed E-state index contributed by atoms with van der Waals surface area (Å²) in [6.07, 6.45) is 1.47. The molecular weight excluding hydrogens is 558 g/mol. The van der Waals surface area contributed by atoms with Crippen LogP contribution in [0.3, 0.4) is 0 Å².